The maximum Gasteiger partial charge on any atom is 0.336 e. The van der Waals surface area contributed by atoms with E-state index >= 15 is 0 Å². The van der Waals surface area contributed by atoms with Gasteiger partial charge in [0.2, 0.25) is 0 Å². The minimum Gasteiger partial charge on any atom is -0.451 e. The summed E-state index contributed by atoms with van der Waals surface area (Å²) in [6, 6.07) is 0. The Morgan fingerprint density at radius 3 is 1.52 bits per heavy atom. The van der Waals surface area contributed by atoms with Crippen molar-refractivity contribution in [2.24, 2.45) is 0 Å². The maximum atomic E-state index is 11.8. The molecule has 7 heteroatoms. The molecule has 23 heavy (non-hydrogen) atoms. The summed E-state index contributed by atoms with van der Waals surface area (Å²) >= 11 is 0. The Kier molecular flexibility index (Phi) is 7.41. The van der Waals surface area contributed by atoms with Crippen molar-refractivity contribution in [2.45, 2.75) is 39.6 Å². The minimum atomic E-state index is -2.23. The van der Waals surface area contributed by atoms with Crippen molar-refractivity contribution < 1.29 is 33.7 Å². The van der Waals surface area contributed by atoms with E-state index in [1.54, 1.807) is 0 Å². The van der Waals surface area contributed by atoms with Crippen LogP contribution in [0.25, 0.3) is 0 Å². The van der Waals surface area contributed by atoms with Crippen LogP contribution in [0.2, 0.25) is 0 Å². The van der Waals surface area contributed by atoms with Crippen molar-refractivity contribution in [1.82, 2.24) is 0 Å². The molecule has 0 aliphatic rings. The van der Waals surface area contributed by atoms with E-state index in [2.05, 4.69) is 19.7 Å². The third kappa shape index (κ3) is 5.71. The lowest BCUT2D eigenvalue weighted by Crippen LogP contribution is -2.53. The smallest absolute Gasteiger partial charge is 0.336 e. The molecule has 0 fully saturated rings. The van der Waals surface area contributed by atoms with Gasteiger partial charge in [-0.15, -0.1) is 0 Å². The molecule has 7 nitrogen and oxygen atoms in total. The van der Waals surface area contributed by atoms with Crippen molar-refractivity contribution in [1.29, 1.82) is 0 Å². The lowest BCUT2D eigenvalue weighted by atomic mass is 10.1. The highest BCUT2D eigenvalue weighted by molar-refractivity contribution is 5.89. The summed E-state index contributed by atoms with van der Waals surface area (Å²) in [5, 5.41) is 9.63. The molecule has 1 N–H and O–H groups in total. The Morgan fingerprint density at radius 1 is 0.913 bits per heavy atom. The largest absolute Gasteiger partial charge is 0.451 e. The van der Waals surface area contributed by atoms with Crippen LogP contribution in [0.15, 0.2) is 36.5 Å². The van der Waals surface area contributed by atoms with Gasteiger partial charge in [0, 0.05) is 16.7 Å². The molecular formula is C16H22O7. The Bertz CT molecular complexity index is 517. The van der Waals surface area contributed by atoms with Crippen LogP contribution in [0.5, 0.6) is 0 Å². The first-order valence-electron chi connectivity index (χ1n) is 6.72. The van der Waals surface area contributed by atoms with Gasteiger partial charge in [0.25, 0.3) is 0 Å². The average Bonchev–Trinajstić information content (AvgIpc) is 2.45. The molecular weight excluding hydrogens is 304 g/mol. The van der Waals surface area contributed by atoms with E-state index in [0.29, 0.717) is 0 Å². The number of hydrogen-bond acceptors (Lipinski definition) is 7. The first kappa shape index (κ1) is 20.6. The van der Waals surface area contributed by atoms with Crippen LogP contribution in [0, 0.1) is 0 Å². The second kappa shape index (κ2) is 8.28. The predicted molar refractivity (Wildman–Crippen MR) is 82.0 cm³/mol. The van der Waals surface area contributed by atoms with Crippen LogP contribution >= 0.6 is 0 Å². The molecule has 0 aromatic rings. The molecule has 1 atom stereocenters. The summed E-state index contributed by atoms with van der Waals surface area (Å²) in [6.07, 6.45) is -1.30. The SMILES string of the molecule is C=C(C)C(=O)OC(C)C(CO)(OC(=O)C(=C)C)OC(=O)C(=C)C. The fraction of sp³-hybridized carbons (Fsp3) is 0.438. The van der Waals surface area contributed by atoms with Crippen LogP contribution in [0.4, 0.5) is 0 Å². The van der Waals surface area contributed by atoms with Gasteiger partial charge in [-0.05, 0) is 27.7 Å². The number of aliphatic hydroxyl groups is 1. The number of esters is 3. The van der Waals surface area contributed by atoms with Crippen LogP contribution in [-0.4, -0.2) is 41.5 Å². The Morgan fingerprint density at radius 2 is 1.26 bits per heavy atom. The van der Waals surface area contributed by atoms with E-state index in [0.717, 1.165) is 0 Å². The molecule has 1 unspecified atom stereocenters. The molecule has 0 radical (unpaired) electrons. The highest BCUT2D eigenvalue weighted by Gasteiger charge is 2.47. The topological polar surface area (TPSA) is 99.1 Å². The molecule has 0 heterocycles. The normalized spacial score (nSPS) is 11.9. The highest BCUT2D eigenvalue weighted by Crippen LogP contribution is 2.24. The Labute approximate surface area is 135 Å². The van der Waals surface area contributed by atoms with Crippen LogP contribution in [-0.2, 0) is 28.6 Å². The van der Waals surface area contributed by atoms with Gasteiger partial charge < -0.3 is 19.3 Å². The summed E-state index contributed by atoms with van der Waals surface area (Å²) in [5.41, 5.74) is 0.0985. The predicted octanol–water partition coefficient (Wildman–Crippen LogP) is 1.42. The summed E-state index contributed by atoms with van der Waals surface area (Å²) < 4.78 is 15.1. The molecule has 0 saturated carbocycles. The quantitative estimate of drug-likeness (QED) is 0.409. The van der Waals surface area contributed by atoms with Crippen LogP contribution in [0.1, 0.15) is 27.7 Å². The van der Waals surface area contributed by atoms with Crippen molar-refractivity contribution in [2.75, 3.05) is 6.61 Å². The Hall–Kier alpha value is -2.41. The maximum absolute atomic E-state index is 11.8. The van der Waals surface area contributed by atoms with Crippen molar-refractivity contribution in [3.05, 3.63) is 36.5 Å². The summed E-state index contributed by atoms with van der Waals surface area (Å²) in [4.78, 5) is 35.2. The highest BCUT2D eigenvalue weighted by atomic mass is 16.8. The zero-order valence-corrected chi connectivity index (χ0v) is 13.8. The first-order valence-corrected chi connectivity index (χ1v) is 6.72. The standard InChI is InChI=1S/C16H22O7/c1-9(2)13(18)21-12(7)16(8-17,22-14(19)10(3)4)23-15(20)11(5)6/h12,17H,1,3,5,8H2,2,4,6-7H3. The van der Waals surface area contributed by atoms with Gasteiger partial charge in [0.15, 0.2) is 6.10 Å². The number of aliphatic hydroxyl groups excluding tert-OH is 1. The molecule has 0 aromatic heterocycles. The molecule has 0 spiro atoms. The van der Waals surface area contributed by atoms with Crippen molar-refractivity contribution in [3.8, 4) is 0 Å². The molecule has 0 saturated heterocycles. The fourth-order valence-corrected chi connectivity index (χ4v) is 1.22. The average molecular weight is 326 g/mol. The van der Waals surface area contributed by atoms with Gasteiger partial charge in [0.05, 0.1) is 0 Å². The summed E-state index contributed by atoms with van der Waals surface area (Å²) in [7, 11) is 0. The van der Waals surface area contributed by atoms with Gasteiger partial charge in [0.1, 0.15) is 6.61 Å². The zero-order valence-electron chi connectivity index (χ0n) is 13.8. The summed E-state index contributed by atoms with van der Waals surface area (Å²) in [5.74, 6) is -4.87. The number of hydrogen-bond donors (Lipinski definition) is 1. The van der Waals surface area contributed by atoms with E-state index in [-0.39, 0.29) is 16.7 Å². The molecule has 0 aliphatic heterocycles. The molecule has 0 amide bonds. The lowest BCUT2D eigenvalue weighted by Gasteiger charge is -2.35. The first-order chi connectivity index (χ1) is 10.5. The molecule has 0 aliphatic carbocycles. The molecule has 0 bridgehead atoms. The number of carbonyl (C=O) groups is 3. The minimum absolute atomic E-state index is 0.00706. The van der Waals surface area contributed by atoms with Crippen molar-refractivity contribution >= 4 is 17.9 Å². The number of ether oxygens (including phenoxy) is 3. The van der Waals surface area contributed by atoms with Crippen LogP contribution < -0.4 is 0 Å². The monoisotopic (exact) mass is 326 g/mol. The van der Waals surface area contributed by atoms with Gasteiger partial charge >= 0.3 is 23.7 Å². The van der Waals surface area contributed by atoms with Gasteiger partial charge in [-0.1, -0.05) is 19.7 Å². The van der Waals surface area contributed by atoms with E-state index in [1.165, 1.54) is 27.7 Å². The molecule has 128 valence electrons. The zero-order chi connectivity index (χ0) is 18.4. The van der Waals surface area contributed by atoms with E-state index in [1.807, 2.05) is 0 Å². The number of rotatable bonds is 8. The van der Waals surface area contributed by atoms with E-state index in [4.69, 9.17) is 14.2 Å². The molecule has 0 rings (SSSR count). The van der Waals surface area contributed by atoms with Gasteiger partial charge in [-0.25, -0.2) is 14.4 Å². The van der Waals surface area contributed by atoms with Gasteiger partial charge in [-0.2, -0.15) is 0 Å². The second-order valence-electron chi connectivity index (χ2n) is 5.14. The number of carbonyl (C=O) groups excluding carboxylic acids is 3. The lowest BCUT2D eigenvalue weighted by molar-refractivity contribution is -0.270. The van der Waals surface area contributed by atoms with Crippen molar-refractivity contribution in [3.63, 3.8) is 0 Å². The Balaban J connectivity index is 5.62. The van der Waals surface area contributed by atoms with E-state index < -0.39 is 36.4 Å². The molecule has 0 aromatic carbocycles. The van der Waals surface area contributed by atoms with Gasteiger partial charge in [-0.3, -0.25) is 0 Å². The summed E-state index contributed by atoms with van der Waals surface area (Å²) in [6.45, 7) is 14.7. The third-order valence-corrected chi connectivity index (χ3v) is 2.70. The van der Waals surface area contributed by atoms with E-state index in [9.17, 15) is 19.5 Å². The second-order valence-corrected chi connectivity index (χ2v) is 5.14. The fourth-order valence-electron chi connectivity index (χ4n) is 1.22. The third-order valence-electron chi connectivity index (χ3n) is 2.70. The van der Waals surface area contributed by atoms with Crippen LogP contribution in [0.3, 0.4) is 0 Å².